The molecule has 0 N–H and O–H groups in total. The van der Waals surface area contributed by atoms with E-state index >= 15 is 0 Å². The molecule has 100 valence electrons. The Balaban J connectivity index is 1.67. The second kappa shape index (κ2) is 5.85. The molecule has 1 aromatic carbocycles. The number of hydrogen-bond donors (Lipinski definition) is 0. The van der Waals surface area contributed by atoms with Gasteiger partial charge in [0.15, 0.2) is 0 Å². The molecule has 0 bridgehead atoms. The van der Waals surface area contributed by atoms with Gasteiger partial charge < -0.3 is 4.42 Å². The number of thioether (sulfide) groups is 1. The van der Waals surface area contributed by atoms with E-state index in [1.165, 1.54) is 16.2 Å². The fraction of sp³-hybridized carbons (Fsp3) is 0.375. The molecule has 0 aliphatic carbocycles. The number of hydrogen-bond acceptors (Lipinski definition) is 3. The maximum absolute atomic E-state index is 5.45. The molecule has 0 radical (unpaired) electrons. The Hall–Kier alpha value is -1.19. The average Bonchev–Trinajstić information content (AvgIpc) is 3.08. The first-order valence-electron chi connectivity index (χ1n) is 6.83. The number of rotatable bonds is 5. The van der Waals surface area contributed by atoms with Crippen LogP contribution in [0.3, 0.4) is 0 Å². The van der Waals surface area contributed by atoms with Crippen molar-refractivity contribution in [3.63, 3.8) is 0 Å². The Bertz CT molecular complexity index is 523. The quantitative estimate of drug-likeness (QED) is 0.819. The minimum atomic E-state index is 0.649. The lowest BCUT2D eigenvalue weighted by Crippen LogP contribution is -2.28. The molecule has 3 heteroatoms. The molecule has 0 spiro atoms. The summed E-state index contributed by atoms with van der Waals surface area (Å²) in [5, 5.41) is 0. The fourth-order valence-corrected chi connectivity index (χ4v) is 3.86. The summed E-state index contributed by atoms with van der Waals surface area (Å²) in [5.74, 6) is 2.91. The Morgan fingerprint density at radius 2 is 2.16 bits per heavy atom. The smallest absolute Gasteiger partial charge is 0.117 e. The first-order chi connectivity index (χ1) is 9.36. The van der Waals surface area contributed by atoms with Crippen LogP contribution >= 0.6 is 11.8 Å². The Morgan fingerprint density at radius 3 is 2.95 bits per heavy atom. The molecule has 1 aliphatic rings. The molecule has 1 aliphatic heterocycles. The van der Waals surface area contributed by atoms with Crippen LogP contribution in [0.1, 0.15) is 24.2 Å². The van der Waals surface area contributed by atoms with Crippen molar-refractivity contribution in [1.29, 1.82) is 0 Å². The van der Waals surface area contributed by atoms with Gasteiger partial charge in [0.05, 0.1) is 12.8 Å². The van der Waals surface area contributed by atoms with Gasteiger partial charge in [-0.05, 0) is 30.3 Å². The number of likely N-dealkylation sites (N-methyl/N-ethyl adjacent to an activating group) is 1. The molecule has 0 saturated heterocycles. The van der Waals surface area contributed by atoms with Gasteiger partial charge in [-0.3, -0.25) is 4.90 Å². The van der Waals surface area contributed by atoms with Crippen LogP contribution in [-0.4, -0.2) is 23.7 Å². The lowest BCUT2D eigenvalue weighted by atomic mass is 10.0. The van der Waals surface area contributed by atoms with Crippen LogP contribution in [0, 0.1) is 0 Å². The van der Waals surface area contributed by atoms with Crippen molar-refractivity contribution < 1.29 is 4.42 Å². The number of furan rings is 1. The first kappa shape index (κ1) is 12.8. The molecule has 19 heavy (non-hydrogen) atoms. The van der Waals surface area contributed by atoms with E-state index in [2.05, 4.69) is 42.2 Å². The molecule has 1 aromatic heterocycles. The lowest BCUT2D eigenvalue weighted by molar-refractivity contribution is 0.245. The third-order valence-corrected chi connectivity index (χ3v) is 4.94. The SMILES string of the molecule is CCN(Cc1ccco1)CC1CSc2ccccc21. The summed E-state index contributed by atoms with van der Waals surface area (Å²) >= 11 is 1.99. The first-order valence-corrected chi connectivity index (χ1v) is 7.82. The molecule has 0 saturated carbocycles. The van der Waals surface area contributed by atoms with Crippen molar-refractivity contribution in [3.05, 3.63) is 54.0 Å². The van der Waals surface area contributed by atoms with Crippen LogP contribution in [-0.2, 0) is 6.54 Å². The van der Waals surface area contributed by atoms with Crippen molar-refractivity contribution in [2.45, 2.75) is 24.3 Å². The standard InChI is InChI=1S/C16H19NOS/c1-2-17(11-14-6-5-9-18-14)10-13-12-19-16-8-4-3-7-15(13)16/h3-9,13H,2,10-12H2,1H3. The Labute approximate surface area is 118 Å². The summed E-state index contributed by atoms with van der Waals surface area (Å²) in [5.41, 5.74) is 1.52. The molecule has 2 heterocycles. The topological polar surface area (TPSA) is 16.4 Å². The molecule has 1 unspecified atom stereocenters. The highest BCUT2D eigenvalue weighted by atomic mass is 32.2. The van der Waals surface area contributed by atoms with Crippen molar-refractivity contribution in [3.8, 4) is 0 Å². The summed E-state index contributed by atoms with van der Waals surface area (Å²) in [7, 11) is 0. The minimum absolute atomic E-state index is 0.649. The van der Waals surface area contributed by atoms with Crippen molar-refractivity contribution in [2.24, 2.45) is 0 Å². The average molecular weight is 273 g/mol. The fourth-order valence-electron chi connectivity index (χ4n) is 2.62. The van der Waals surface area contributed by atoms with Crippen LogP contribution in [0.15, 0.2) is 52.0 Å². The van der Waals surface area contributed by atoms with E-state index < -0.39 is 0 Å². The molecule has 3 rings (SSSR count). The van der Waals surface area contributed by atoms with Gasteiger partial charge in [-0.1, -0.05) is 25.1 Å². The summed E-state index contributed by atoms with van der Waals surface area (Å²) in [6, 6.07) is 12.8. The number of benzene rings is 1. The summed E-state index contributed by atoms with van der Waals surface area (Å²) in [6.07, 6.45) is 1.75. The van der Waals surface area contributed by atoms with E-state index in [0.717, 1.165) is 25.4 Å². The van der Waals surface area contributed by atoms with Crippen molar-refractivity contribution in [1.82, 2.24) is 4.90 Å². The van der Waals surface area contributed by atoms with Gasteiger partial charge in [-0.25, -0.2) is 0 Å². The zero-order valence-corrected chi connectivity index (χ0v) is 12.0. The number of fused-ring (bicyclic) bond motifs is 1. The molecule has 1 atom stereocenters. The highest BCUT2D eigenvalue weighted by molar-refractivity contribution is 7.99. The Morgan fingerprint density at radius 1 is 1.26 bits per heavy atom. The van der Waals surface area contributed by atoms with Crippen LogP contribution in [0.2, 0.25) is 0 Å². The molecular weight excluding hydrogens is 254 g/mol. The summed E-state index contributed by atoms with van der Waals surface area (Å²) < 4.78 is 5.45. The van der Waals surface area contributed by atoms with E-state index in [-0.39, 0.29) is 0 Å². The highest BCUT2D eigenvalue weighted by Gasteiger charge is 2.24. The predicted octanol–water partition coefficient (Wildman–Crippen LogP) is 3.99. The molecule has 2 nitrogen and oxygen atoms in total. The summed E-state index contributed by atoms with van der Waals surface area (Å²) in [4.78, 5) is 3.92. The van der Waals surface area contributed by atoms with Crippen LogP contribution < -0.4 is 0 Å². The van der Waals surface area contributed by atoms with E-state index in [1.54, 1.807) is 6.26 Å². The largest absolute Gasteiger partial charge is 0.468 e. The van der Waals surface area contributed by atoms with Crippen LogP contribution in [0.5, 0.6) is 0 Å². The summed E-state index contributed by atoms with van der Waals surface area (Å²) in [6.45, 7) is 5.30. The molecular formula is C16H19NOS. The van der Waals surface area contributed by atoms with Crippen LogP contribution in [0.25, 0.3) is 0 Å². The van der Waals surface area contributed by atoms with Crippen molar-refractivity contribution >= 4 is 11.8 Å². The minimum Gasteiger partial charge on any atom is -0.468 e. The highest BCUT2D eigenvalue weighted by Crippen LogP contribution is 2.39. The van der Waals surface area contributed by atoms with Gasteiger partial charge >= 0.3 is 0 Å². The van der Waals surface area contributed by atoms with Gasteiger partial charge in [-0.2, -0.15) is 0 Å². The lowest BCUT2D eigenvalue weighted by Gasteiger charge is -2.23. The van der Waals surface area contributed by atoms with Gasteiger partial charge in [0.1, 0.15) is 5.76 Å². The Kier molecular flexibility index (Phi) is 3.95. The van der Waals surface area contributed by atoms with E-state index in [0.29, 0.717) is 5.92 Å². The second-order valence-corrected chi connectivity index (χ2v) is 6.01. The maximum atomic E-state index is 5.45. The third kappa shape index (κ3) is 2.88. The zero-order chi connectivity index (χ0) is 13.1. The maximum Gasteiger partial charge on any atom is 0.117 e. The molecule has 0 amide bonds. The predicted molar refractivity (Wildman–Crippen MR) is 79.6 cm³/mol. The normalized spacial score (nSPS) is 17.9. The molecule has 2 aromatic rings. The van der Waals surface area contributed by atoms with Gasteiger partial charge in [0, 0.05) is 23.1 Å². The zero-order valence-electron chi connectivity index (χ0n) is 11.2. The van der Waals surface area contributed by atoms with Crippen LogP contribution in [0.4, 0.5) is 0 Å². The van der Waals surface area contributed by atoms with E-state index in [9.17, 15) is 0 Å². The third-order valence-electron chi connectivity index (χ3n) is 3.68. The van der Waals surface area contributed by atoms with E-state index in [1.807, 2.05) is 17.8 Å². The van der Waals surface area contributed by atoms with Gasteiger partial charge in [0.2, 0.25) is 0 Å². The number of nitrogens with zero attached hydrogens (tertiary/aromatic N) is 1. The molecule has 0 fully saturated rings. The monoisotopic (exact) mass is 273 g/mol. The van der Waals surface area contributed by atoms with Gasteiger partial charge in [-0.15, -0.1) is 11.8 Å². The second-order valence-electron chi connectivity index (χ2n) is 4.95. The van der Waals surface area contributed by atoms with E-state index in [4.69, 9.17) is 4.42 Å². The van der Waals surface area contributed by atoms with Crippen molar-refractivity contribution in [2.75, 3.05) is 18.8 Å². The van der Waals surface area contributed by atoms with Gasteiger partial charge in [0.25, 0.3) is 0 Å².